The van der Waals surface area contributed by atoms with Crippen molar-refractivity contribution in [2.24, 2.45) is 0 Å². The van der Waals surface area contributed by atoms with E-state index in [1.165, 1.54) is 18.3 Å². The van der Waals surface area contributed by atoms with Crippen molar-refractivity contribution in [3.8, 4) is 10.6 Å². The van der Waals surface area contributed by atoms with Crippen LogP contribution in [0.3, 0.4) is 0 Å². The number of nitrogens with one attached hydrogen (secondary N) is 1. The molecule has 130 valence electrons. The Bertz CT molecular complexity index is 727. The molecule has 7 nitrogen and oxygen atoms in total. The lowest BCUT2D eigenvalue weighted by Gasteiger charge is -2.20. The number of nitrogens with zero attached hydrogens (tertiary/aromatic N) is 5. The van der Waals surface area contributed by atoms with Crippen LogP contribution in [0.4, 0.5) is 11.1 Å². The number of aromatic nitrogens is 3. The highest BCUT2D eigenvalue weighted by molar-refractivity contribution is 7.19. The van der Waals surface area contributed by atoms with Crippen LogP contribution >= 0.6 is 11.3 Å². The number of carbonyl (C=O) groups excluding carboxylic acids is 1. The summed E-state index contributed by atoms with van der Waals surface area (Å²) in [6.45, 7) is 7.12. The summed E-state index contributed by atoms with van der Waals surface area (Å²) in [4.78, 5) is 30.0. The maximum absolute atomic E-state index is 11.2. The number of likely N-dealkylation sites (N-methyl/N-ethyl adjacent to an activating group) is 2. The van der Waals surface area contributed by atoms with E-state index in [0.29, 0.717) is 11.1 Å². The summed E-state index contributed by atoms with van der Waals surface area (Å²) in [5.74, 6) is 0.569. The number of thiazole rings is 1. The lowest BCUT2D eigenvalue weighted by Crippen LogP contribution is -2.29. The van der Waals surface area contributed by atoms with E-state index in [1.807, 2.05) is 46.0 Å². The highest BCUT2D eigenvalue weighted by Gasteiger charge is 2.15. The predicted octanol–water partition coefficient (Wildman–Crippen LogP) is 2.17. The Balaban J connectivity index is 2.31. The molecule has 1 amide bonds. The summed E-state index contributed by atoms with van der Waals surface area (Å²) in [7, 11) is 6.07. The molecule has 2 rings (SSSR count). The fourth-order valence-electron chi connectivity index (χ4n) is 2.13. The number of amides is 1. The van der Waals surface area contributed by atoms with Gasteiger partial charge >= 0.3 is 0 Å². The topological polar surface area (TPSA) is 74.2 Å². The van der Waals surface area contributed by atoms with Crippen LogP contribution in [0.25, 0.3) is 10.6 Å². The first-order chi connectivity index (χ1) is 11.3. The fraction of sp³-hybridized carbons (Fsp3) is 0.500. The molecule has 0 fully saturated rings. The van der Waals surface area contributed by atoms with Crippen LogP contribution in [0.2, 0.25) is 0 Å². The second-order valence-corrected chi connectivity index (χ2v) is 7.03. The zero-order valence-corrected chi connectivity index (χ0v) is 15.9. The van der Waals surface area contributed by atoms with E-state index in [9.17, 15) is 4.79 Å². The molecule has 0 saturated carbocycles. The van der Waals surface area contributed by atoms with Gasteiger partial charge in [0.25, 0.3) is 0 Å². The standard InChI is InChI=1S/C16H24N6OS/c1-10-9-13(14-11(2)18-16(24-14)19-12(3)23)20-15(17-10)22(6)8-7-21(4)5/h9H,7-8H2,1-6H3,(H,18,19,23). The molecule has 0 atom stereocenters. The van der Waals surface area contributed by atoms with E-state index < -0.39 is 0 Å². The maximum atomic E-state index is 11.2. The number of hydrogen-bond acceptors (Lipinski definition) is 7. The Labute approximate surface area is 146 Å². The lowest BCUT2D eigenvalue weighted by atomic mass is 10.2. The Hall–Kier alpha value is -2.06. The van der Waals surface area contributed by atoms with E-state index in [2.05, 4.69) is 25.2 Å². The lowest BCUT2D eigenvalue weighted by molar-refractivity contribution is -0.114. The molecule has 0 aliphatic carbocycles. The predicted molar refractivity (Wildman–Crippen MR) is 98.7 cm³/mol. The van der Waals surface area contributed by atoms with Crippen LogP contribution in [0.5, 0.6) is 0 Å². The molecular formula is C16H24N6OS. The molecule has 0 spiro atoms. The zero-order valence-electron chi connectivity index (χ0n) is 15.0. The van der Waals surface area contributed by atoms with Crippen molar-refractivity contribution >= 4 is 28.3 Å². The summed E-state index contributed by atoms with van der Waals surface area (Å²) in [6.07, 6.45) is 0. The number of anilines is 2. The van der Waals surface area contributed by atoms with Gasteiger partial charge in [-0.15, -0.1) is 0 Å². The maximum Gasteiger partial charge on any atom is 0.225 e. The smallest absolute Gasteiger partial charge is 0.225 e. The van der Waals surface area contributed by atoms with Gasteiger partial charge in [-0.25, -0.2) is 15.0 Å². The van der Waals surface area contributed by atoms with Gasteiger partial charge in [0, 0.05) is 32.8 Å². The van der Waals surface area contributed by atoms with Crippen LogP contribution in [0.1, 0.15) is 18.3 Å². The van der Waals surface area contributed by atoms with Crippen LogP contribution in [-0.2, 0) is 4.79 Å². The fourth-order valence-corrected chi connectivity index (χ4v) is 3.10. The quantitative estimate of drug-likeness (QED) is 0.862. The van der Waals surface area contributed by atoms with Gasteiger partial charge in [0.1, 0.15) is 0 Å². The van der Waals surface area contributed by atoms with E-state index >= 15 is 0 Å². The minimum atomic E-state index is -0.127. The van der Waals surface area contributed by atoms with Crippen LogP contribution in [0, 0.1) is 13.8 Å². The van der Waals surface area contributed by atoms with Crippen molar-refractivity contribution in [2.75, 3.05) is 44.4 Å². The van der Waals surface area contributed by atoms with Crippen molar-refractivity contribution < 1.29 is 4.79 Å². The van der Waals surface area contributed by atoms with E-state index in [4.69, 9.17) is 0 Å². The van der Waals surface area contributed by atoms with E-state index in [1.54, 1.807) is 0 Å². The third kappa shape index (κ3) is 4.72. The summed E-state index contributed by atoms with van der Waals surface area (Å²) < 4.78 is 0. The van der Waals surface area contributed by atoms with Crippen molar-refractivity contribution in [3.63, 3.8) is 0 Å². The van der Waals surface area contributed by atoms with Crippen molar-refractivity contribution in [3.05, 3.63) is 17.5 Å². The monoisotopic (exact) mass is 348 g/mol. The van der Waals surface area contributed by atoms with Crippen LogP contribution in [0.15, 0.2) is 6.07 Å². The number of rotatable bonds is 6. The molecule has 24 heavy (non-hydrogen) atoms. The number of carbonyl (C=O) groups is 1. The zero-order chi connectivity index (χ0) is 17.9. The average Bonchev–Trinajstić information content (AvgIpc) is 2.83. The summed E-state index contributed by atoms with van der Waals surface area (Å²) in [5, 5.41) is 3.32. The van der Waals surface area contributed by atoms with Gasteiger partial charge in [-0.1, -0.05) is 11.3 Å². The van der Waals surface area contributed by atoms with Crippen molar-refractivity contribution in [1.29, 1.82) is 0 Å². The molecule has 2 aromatic rings. The average molecular weight is 348 g/mol. The first kappa shape index (κ1) is 18.3. The molecule has 1 N–H and O–H groups in total. The largest absolute Gasteiger partial charge is 0.343 e. The second kappa shape index (κ2) is 7.67. The molecule has 8 heteroatoms. The minimum Gasteiger partial charge on any atom is -0.343 e. The normalized spacial score (nSPS) is 11.0. The highest BCUT2D eigenvalue weighted by Crippen LogP contribution is 2.32. The molecule has 0 saturated heterocycles. The Morgan fingerprint density at radius 3 is 2.50 bits per heavy atom. The second-order valence-electron chi connectivity index (χ2n) is 6.03. The molecule has 2 heterocycles. The molecule has 0 unspecified atom stereocenters. The molecular weight excluding hydrogens is 324 g/mol. The van der Waals surface area contributed by atoms with Crippen LogP contribution < -0.4 is 10.2 Å². The van der Waals surface area contributed by atoms with Gasteiger partial charge in [0.15, 0.2) is 5.13 Å². The number of hydrogen-bond donors (Lipinski definition) is 1. The molecule has 2 aromatic heterocycles. The van der Waals surface area contributed by atoms with Gasteiger partial charge in [-0.3, -0.25) is 4.79 Å². The molecule has 0 aliphatic heterocycles. The van der Waals surface area contributed by atoms with Gasteiger partial charge in [0.2, 0.25) is 11.9 Å². The van der Waals surface area contributed by atoms with Gasteiger partial charge in [-0.05, 0) is 34.0 Å². The Kier molecular flexibility index (Phi) is 5.84. The summed E-state index contributed by atoms with van der Waals surface area (Å²) in [5.41, 5.74) is 2.59. The first-order valence-electron chi connectivity index (χ1n) is 7.73. The molecule has 0 aliphatic rings. The highest BCUT2D eigenvalue weighted by atomic mass is 32.1. The SMILES string of the molecule is CC(=O)Nc1nc(C)c(-c2cc(C)nc(N(C)CCN(C)C)n2)s1. The van der Waals surface area contributed by atoms with Gasteiger partial charge < -0.3 is 15.1 Å². The summed E-state index contributed by atoms with van der Waals surface area (Å²) in [6, 6.07) is 1.95. The van der Waals surface area contributed by atoms with E-state index in [0.717, 1.165) is 35.0 Å². The molecule has 0 radical (unpaired) electrons. The third-order valence-corrected chi connectivity index (χ3v) is 4.47. The van der Waals surface area contributed by atoms with Crippen LogP contribution in [-0.4, -0.2) is 60.0 Å². The van der Waals surface area contributed by atoms with Gasteiger partial charge in [-0.2, -0.15) is 0 Å². The van der Waals surface area contributed by atoms with Crippen molar-refractivity contribution in [1.82, 2.24) is 19.9 Å². The first-order valence-corrected chi connectivity index (χ1v) is 8.55. The minimum absolute atomic E-state index is 0.127. The van der Waals surface area contributed by atoms with Crippen molar-refractivity contribution in [2.45, 2.75) is 20.8 Å². The summed E-state index contributed by atoms with van der Waals surface area (Å²) >= 11 is 1.43. The molecule has 0 bridgehead atoms. The number of aryl methyl sites for hydroxylation is 2. The Morgan fingerprint density at radius 2 is 1.88 bits per heavy atom. The third-order valence-electron chi connectivity index (χ3n) is 3.38. The van der Waals surface area contributed by atoms with E-state index in [-0.39, 0.29) is 5.91 Å². The molecule has 0 aromatic carbocycles. The van der Waals surface area contributed by atoms with Gasteiger partial charge in [0.05, 0.1) is 16.3 Å². The Morgan fingerprint density at radius 1 is 1.17 bits per heavy atom.